The van der Waals surface area contributed by atoms with Gasteiger partial charge in [-0.3, -0.25) is 0 Å². The van der Waals surface area contributed by atoms with Crippen molar-refractivity contribution in [3.63, 3.8) is 0 Å². The standard InChI is InChI=1S/C11H22N2O2S/c1-9(8-14-3)12-10(16)13-11(2)4-6-15-7-5-11/h9H,4-8H2,1-3H3,(H2,12,13,16). The molecule has 1 atom stereocenters. The van der Waals surface area contributed by atoms with Gasteiger partial charge in [0, 0.05) is 31.9 Å². The summed E-state index contributed by atoms with van der Waals surface area (Å²) in [6.07, 6.45) is 1.99. The second-order valence-electron chi connectivity index (χ2n) is 4.63. The Hall–Kier alpha value is -0.390. The first kappa shape index (κ1) is 13.7. The van der Waals surface area contributed by atoms with Gasteiger partial charge in [0.25, 0.3) is 0 Å². The molecule has 0 radical (unpaired) electrons. The lowest BCUT2D eigenvalue weighted by Crippen LogP contribution is -2.54. The SMILES string of the molecule is COCC(C)NC(=S)NC1(C)CCOCC1. The van der Waals surface area contributed by atoms with Crippen molar-refractivity contribution in [3.05, 3.63) is 0 Å². The van der Waals surface area contributed by atoms with Crippen LogP contribution in [0.25, 0.3) is 0 Å². The highest BCUT2D eigenvalue weighted by atomic mass is 32.1. The topological polar surface area (TPSA) is 42.5 Å². The van der Waals surface area contributed by atoms with Crippen LogP contribution < -0.4 is 10.6 Å². The van der Waals surface area contributed by atoms with E-state index in [1.54, 1.807) is 7.11 Å². The van der Waals surface area contributed by atoms with E-state index in [-0.39, 0.29) is 11.6 Å². The smallest absolute Gasteiger partial charge is 0.167 e. The Balaban J connectivity index is 2.32. The van der Waals surface area contributed by atoms with E-state index >= 15 is 0 Å². The number of methoxy groups -OCH3 is 1. The number of ether oxygens (including phenoxy) is 2. The third kappa shape index (κ3) is 4.63. The lowest BCUT2D eigenvalue weighted by Gasteiger charge is -2.36. The highest BCUT2D eigenvalue weighted by Gasteiger charge is 2.27. The van der Waals surface area contributed by atoms with Gasteiger partial charge in [-0.2, -0.15) is 0 Å². The summed E-state index contributed by atoms with van der Waals surface area (Å²) in [5.74, 6) is 0. The van der Waals surface area contributed by atoms with Crippen LogP contribution in [0, 0.1) is 0 Å². The number of rotatable bonds is 4. The maximum Gasteiger partial charge on any atom is 0.167 e. The fourth-order valence-corrected chi connectivity index (χ4v) is 2.22. The average molecular weight is 246 g/mol. The Labute approximate surface area is 103 Å². The van der Waals surface area contributed by atoms with Gasteiger partial charge >= 0.3 is 0 Å². The molecule has 1 rings (SSSR count). The zero-order chi connectivity index (χ0) is 12.0. The highest BCUT2D eigenvalue weighted by Crippen LogP contribution is 2.19. The third-order valence-electron chi connectivity index (χ3n) is 2.81. The second kappa shape index (κ2) is 6.37. The van der Waals surface area contributed by atoms with Crippen molar-refractivity contribution in [2.75, 3.05) is 26.9 Å². The average Bonchev–Trinajstić information content (AvgIpc) is 2.17. The van der Waals surface area contributed by atoms with E-state index < -0.39 is 0 Å². The molecule has 0 aromatic rings. The lowest BCUT2D eigenvalue weighted by molar-refractivity contribution is 0.0522. The zero-order valence-electron chi connectivity index (χ0n) is 10.3. The van der Waals surface area contributed by atoms with Crippen molar-refractivity contribution in [2.24, 2.45) is 0 Å². The summed E-state index contributed by atoms with van der Waals surface area (Å²) in [6.45, 7) is 6.50. The second-order valence-corrected chi connectivity index (χ2v) is 5.04. The Bertz CT molecular complexity index is 230. The number of hydrogen-bond donors (Lipinski definition) is 2. The number of hydrogen-bond acceptors (Lipinski definition) is 3. The molecule has 16 heavy (non-hydrogen) atoms. The van der Waals surface area contributed by atoms with Gasteiger partial charge in [-0.1, -0.05) is 0 Å². The van der Waals surface area contributed by atoms with E-state index in [4.69, 9.17) is 21.7 Å². The fraction of sp³-hybridized carbons (Fsp3) is 0.909. The van der Waals surface area contributed by atoms with E-state index in [1.807, 2.05) is 6.92 Å². The van der Waals surface area contributed by atoms with Gasteiger partial charge in [0.05, 0.1) is 6.61 Å². The van der Waals surface area contributed by atoms with Crippen LogP contribution in [-0.4, -0.2) is 43.6 Å². The minimum Gasteiger partial charge on any atom is -0.383 e. The van der Waals surface area contributed by atoms with Crippen LogP contribution in [0.1, 0.15) is 26.7 Å². The normalized spacial score (nSPS) is 21.2. The molecule has 1 fully saturated rings. The van der Waals surface area contributed by atoms with Gasteiger partial charge in [-0.25, -0.2) is 0 Å². The Morgan fingerprint density at radius 3 is 2.69 bits per heavy atom. The van der Waals surface area contributed by atoms with E-state index in [9.17, 15) is 0 Å². The molecule has 5 heteroatoms. The van der Waals surface area contributed by atoms with Gasteiger partial charge in [-0.05, 0) is 38.9 Å². The predicted molar refractivity (Wildman–Crippen MR) is 68.7 cm³/mol. The first-order valence-corrected chi connectivity index (χ1v) is 6.12. The molecule has 0 spiro atoms. The molecule has 4 nitrogen and oxygen atoms in total. The molecule has 0 amide bonds. The van der Waals surface area contributed by atoms with E-state index in [0.29, 0.717) is 11.7 Å². The number of nitrogens with one attached hydrogen (secondary N) is 2. The van der Waals surface area contributed by atoms with Crippen LogP contribution in [-0.2, 0) is 9.47 Å². The Morgan fingerprint density at radius 1 is 1.50 bits per heavy atom. The molecular formula is C11H22N2O2S. The summed E-state index contributed by atoms with van der Waals surface area (Å²) in [5, 5.41) is 7.28. The van der Waals surface area contributed by atoms with Crippen LogP contribution in [0.2, 0.25) is 0 Å². The molecule has 0 aromatic carbocycles. The summed E-state index contributed by atoms with van der Waals surface area (Å²) in [5.41, 5.74) is 0.0646. The molecular weight excluding hydrogens is 224 g/mol. The molecule has 1 aliphatic rings. The number of thiocarbonyl (C=S) groups is 1. The minimum absolute atomic E-state index is 0.0646. The third-order valence-corrected chi connectivity index (χ3v) is 3.03. The monoisotopic (exact) mass is 246 g/mol. The molecule has 2 N–H and O–H groups in total. The lowest BCUT2D eigenvalue weighted by atomic mass is 9.93. The summed E-state index contributed by atoms with van der Waals surface area (Å²) in [4.78, 5) is 0. The quantitative estimate of drug-likeness (QED) is 0.726. The van der Waals surface area contributed by atoms with E-state index in [0.717, 1.165) is 26.1 Å². The van der Waals surface area contributed by atoms with E-state index in [2.05, 4.69) is 17.6 Å². The minimum atomic E-state index is 0.0646. The fourth-order valence-electron chi connectivity index (χ4n) is 1.77. The first-order chi connectivity index (χ1) is 7.56. The van der Waals surface area contributed by atoms with Crippen LogP contribution in [0.15, 0.2) is 0 Å². The van der Waals surface area contributed by atoms with Gasteiger partial charge < -0.3 is 20.1 Å². The van der Waals surface area contributed by atoms with Crippen molar-refractivity contribution in [2.45, 2.75) is 38.3 Å². The van der Waals surface area contributed by atoms with Crippen molar-refractivity contribution in [1.82, 2.24) is 10.6 Å². The van der Waals surface area contributed by atoms with Crippen molar-refractivity contribution in [3.8, 4) is 0 Å². The molecule has 0 aromatic heterocycles. The molecule has 1 heterocycles. The summed E-state index contributed by atoms with van der Waals surface area (Å²) >= 11 is 5.28. The van der Waals surface area contributed by atoms with E-state index in [1.165, 1.54) is 0 Å². The van der Waals surface area contributed by atoms with Crippen molar-refractivity contribution < 1.29 is 9.47 Å². The summed E-state index contributed by atoms with van der Waals surface area (Å²) in [6, 6.07) is 0.230. The van der Waals surface area contributed by atoms with Gasteiger partial charge in [0.2, 0.25) is 0 Å². The molecule has 94 valence electrons. The Kier molecular flexibility index (Phi) is 5.44. The molecule has 0 aliphatic carbocycles. The molecule has 0 bridgehead atoms. The van der Waals surface area contributed by atoms with Crippen LogP contribution in [0.3, 0.4) is 0 Å². The van der Waals surface area contributed by atoms with Gasteiger partial charge in [0.1, 0.15) is 0 Å². The van der Waals surface area contributed by atoms with Crippen molar-refractivity contribution in [1.29, 1.82) is 0 Å². The summed E-state index contributed by atoms with van der Waals surface area (Å²) in [7, 11) is 1.69. The van der Waals surface area contributed by atoms with Crippen LogP contribution >= 0.6 is 12.2 Å². The first-order valence-electron chi connectivity index (χ1n) is 5.71. The maximum absolute atomic E-state index is 5.34. The van der Waals surface area contributed by atoms with Gasteiger partial charge in [-0.15, -0.1) is 0 Å². The maximum atomic E-state index is 5.34. The summed E-state index contributed by atoms with van der Waals surface area (Å²) < 4.78 is 10.4. The molecule has 0 saturated carbocycles. The highest BCUT2D eigenvalue weighted by molar-refractivity contribution is 7.80. The predicted octanol–water partition coefficient (Wildman–Crippen LogP) is 1.05. The molecule has 1 aliphatic heterocycles. The van der Waals surface area contributed by atoms with Crippen LogP contribution in [0.4, 0.5) is 0 Å². The molecule has 1 saturated heterocycles. The zero-order valence-corrected chi connectivity index (χ0v) is 11.2. The molecule has 1 unspecified atom stereocenters. The largest absolute Gasteiger partial charge is 0.383 e. The van der Waals surface area contributed by atoms with Crippen LogP contribution in [0.5, 0.6) is 0 Å². The Morgan fingerprint density at radius 2 is 2.12 bits per heavy atom. The van der Waals surface area contributed by atoms with Crippen molar-refractivity contribution >= 4 is 17.3 Å². The van der Waals surface area contributed by atoms with Gasteiger partial charge in [0.15, 0.2) is 5.11 Å².